The Morgan fingerprint density at radius 1 is 1.31 bits per heavy atom. The first-order valence-corrected chi connectivity index (χ1v) is 5.61. The van der Waals surface area contributed by atoms with E-state index in [2.05, 4.69) is 10.6 Å². The van der Waals surface area contributed by atoms with Crippen molar-refractivity contribution in [1.82, 2.24) is 10.6 Å². The highest BCUT2D eigenvalue weighted by Crippen LogP contribution is 2.28. The van der Waals surface area contributed by atoms with E-state index in [1.807, 2.05) is 20.8 Å². The van der Waals surface area contributed by atoms with Crippen LogP contribution in [0.2, 0.25) is 0 Å². The monoisotopic (exact) mass is 227 g/mol. The minimum Gasteiger partial charge on any atom is -0.350 e. The lowest BCUT2D eigenvalue weighted by Crippen LogP contribution is -2.59. The molecule has 0 heterocycles. The van der Waals surface area contributed by atoms with Crippen LogP contribution in [0.3, 0.4) is 0 Å². The second kappa shape index (κ2) is 4.41. The van der Waals surface area contributed by atoms with Crippen LogP contribution in [0.15, 0.2) is 0 Å². The van der Waals surface area contributed by atoms with Crippen molar-refractivity contribution >= 4 is 11.8 Å². The zero-order valence-electron chi connectivity index (χ0n) is 10.2. The van der Waals surface area contributed by atoms with Gasteiger partial charge in [-0.1, -0.05) is 0 Å². The largest absolute Gasteiger partial charge is 0.350 e. The van der Waals surface area contributed by atoms with Gasteiger partial charge in [-0.2, -0.15) is 0 Å². The topological polar surface area (TPSA) is 84.2 Å². The maximum Gasteiger partial charge on any atom is 0.240 e. The fourth-order valence-corrected chi connectivity index (χ4v) is 1.58. The zero-order chi connectivity index (χ0) is 12.4. The minimum atomic E-state index is -0.734. The molecular formula is C11H21N3O2. The second-order valence-corrected chi connectivity index (χ2v) is 5.49. The molecule has 0 unspecified atom stereocenters. The summed E-state index contributed by atoms with van der Waals surface area (Å²) in [4.78, 5) is 23.0. The highest BCUT2D eigenvalue weighted by Gasteiger charge is 2.40. The van der Waals surface area contributed by atoms with Gasteiger partial charge in [-0.05, 0) is 40.0 Å². The van der Waals surface area contributed by atoms with Crippen LogP contribution in [0.4, 0.5) is 0 Å². The van der Waals surface area contributed by atoms with Gasteiger partial charge in [0.25, 0.3) is 0 Å². The summed E-state index contributed by atoms with van der Waals surface area (Å²) in [5.74, 6) is -0.411. The van der Waals surface area contributed by atoms with Crippen molar-refractivity contribution in [3.05, 3.63) is 0 Å². The van der Waals surface area contributed by atoms with E-state index in [-0.39, 0.29) is 23.9 Å². The molecule has 1 aliphatic carbocycles. The molecule has 5 nitrogen and oxygen atoms in total. The second-order valence-electron chi connectivity index (χ2n) is 5.49. The quantitative estimate of drug-likeness (QED) is 0.629. The molecule has 4 N–H and O–H groups in total. The van der Waals surface area contributed by atoms with E-state index in [0.717, 1.165) is 6.42 Å². The summed E-state index contributed by atoms with van der Waals surface area (Å²) >= 11 is 0. The van der Waals surface area contributed by atoms with Crippen LogP contribution in [0.1, 0.15) is 40.0 Å². The number of rotatable bonds is 3. The minimum absolute atomic E-state index is 0.00491. The van der Waals surface area contributed by atoms with Gasteiger partial charge in [-0.15, -0.1) is 0 Å². The van der Waals surface area contributed by atoms with Crippen LogP contribution in [-0.2, 0) is 9.59 Å². The van der Waals surface area contributed by atoms with E-state index in [4.69, 9.17) is 5.73 Å². The molecule has 1 fully saturated rings. The Balaban J connectivity index is 2.29. The van der Waals surface area contributed by atoms with E-state index in [1.54, 1.807) is 0 Å². The Kier molecular flexibility index (Phi) is 3.57. The molecule has 92 valence electrons. The Bertz CT molecular complexity index is 290. The molecule has 0 atom stereocenters. The lowest BCUT2D eigenvalue weighted by atomic mass is 9.77. The lowest BCUT2D eigenvalue weighted by molar-refractivity contribution is -0.132. The summed E-state index contributed by atoms with van der Waals surface area (Å²) in [6, 6.07) is 0. The Morgan fingerprint density at radius 3 is 2.25 bits per heavy atom. The number of carbonyl (C=O) groups is 2. The van der Waals surface area contributed by atoms with Gasteiger partial charge in [0.05, 0.1) is 12.1 Å². The molecule has 0 aromatic heterocycles. The summed E-state index contributed by atoms with van der Waals surface area (Å²) in [5, 5.41) is 5.34. The smallest absolute Gasteiger partial charge is 0.240 e. The SMILES string of the molecule is CC(C)(C)NC(=O)CNC(=O)C1(N)CCC1. The summed E-state index contributed by atoms with van der Waals surface area (Å²) in [6.07, 6.45) is 2.40. The summed E-state index contributed by atoms with van der Waals surface area (Å²) in [6.45, 7) is 5.67. The molecule has 0 bridgehead atoms. The summed E-state index contributed by atoms with van der Waals surface area (Å²) < 4.78 is 0. The maximum atomic E-state index is 11.6. The molecule has 0 aromatic rings. The van der Waals surface area contributed by atoms with Crippen molar-refractivity contribution in [2.24, 2.45) is 5.73 Å². The van der Waals surface area contributed by atoms with Gasteiger partial charge in [0.15, 0.2) is 0 Å². The molecule has 0 spiro atoms. The molecule has 0 radical (unpaired) electrons. The van der Waals surface area contributed by atoms with Crippen LogP contribution in [0.25, 0.3) is 0 Å². The van der Waals surface area contributed by atoms with Gasteiger partial charge in [0.1, 0.15) is 0 Å². The molecular weight excluding hydrogens is 206 g/mol. The first-order valence-electron chi connectivity index (χ1n) is 5.61. The lowest BCUT2D eigenvalue weighted by Gasteiger charge is -2.36. The standard InChI is InChI=1S/C11H21N3O2/c1-10(2,3)14-8(15)7-13-9(16)11(12)5-4-6-11/h4-7,12H2,1-3H3,(H,13,16)(H,14,15). The van der Waals surface area contributed by atoms with E-state index >= 15 is 0 Å². The zero-order valence-corrected chi connectivity index (χ0v) is 10.2. The predicted octanol–water partition coefficient (Wildman–Crippen LogP) is -0.101. The third-order valence-corrected chi connectivity index (χ3v) is 2.62. The first-order chi connectivity index (χ1) is 7.23. The van der Waals surface area contributed by atoms with Crippen molar-refractivity contribution in [1.29, 1.82) is 0 Å². The fraction of sp³-hybridized carbons (Fsp3) is 0.818. The van der Waals surface area contributed by atoms with Gasteiger partial charge >= 0.3 is 0 Å². The maximum absolute atomic E-state index is 11.6. The molecule has 0 aliphatic heterocycles. The highest BCUT2D eigenvalue weighted by atomic mass is 16.2. The van der Waals surface area contributed by atoms with Gasteiger partial charge in [-0.25, -0.2) is 0 Å². The molecule has 2 amide bonds. The number of hydrogen-bond donors (Lipinski definition) is 3. The van der Waals surface area contributed by atoms with Crippen molar-refractivity contribution in [3.8, 4) is 0 Å². The molecule has 1 aliphatic rings. The molecule has 16 heavy (non-hydrogen) atoms. The van der Waals surface area contributed by atoms with Crippen molar-refractivity contribution in [3.63, 3.8) is 0 Å². The van der Waals surface area contributed by atoms with Crippen LogP contribution < -0.4 is 16.4 Å². The van der Waals surface area contributed by atoms with Crippen LogP contribution in [-0.4, -0.2) is 29.4 Å². The Hall–Kier alpha value is -1.10. The molecule has 5 heteroatoms. The molecule has 1 rings (SSSR count). The van der Waals surface area contributed by atoms with Gasteiger partial charge in [0.2, 0.25) is 11.8 Å². The molecule has 0 saturated heterocycles. The number of hydrogen-bond acceptors (Lipinski definition) is 3. The Labute approximate surface area is 96.1 Å². The van der Waals surface area contributed by atoms with E-state index < -0.39 is 5.54 Å². The average molecular weight is 227 g/mol. The van der Waals surface area contributed by atoms with Crippen molar-refractivity contribution < 1.29 is 9.59 Å². The summed E-state index contributed by atoms with van der Waals surface area (Å²) in [7, 11) is 0. The third-order valence-electron chi connectivity index (χ3n) is 2.62. The van der Waals surface area contributed by atoms with Gasteiger partial charge < -0.3 is 16.4 Å². The Morgan fingerprint density at radius 2 is 1.88 bits per heavy atom. The number of nitrogens with one attached hydrogen (secondary N) is 2. The molecule has 1 saturated carbocycles. The summed E-state index contributed by atoms with van der Waals surface area (Å²) in [5.41, 5.74) is 4.80. The van der Waals surface area contributed by atoms with E-state index in [9.17, 15) is 9.59 Å². The third kappa shape index (κ3) is 3.48. The fourth-order valence-electron chi connectivity index (χ4n) is 1.58. The van der Waals surface area contributed by atoms with Gasteiger partial charge in [0, 0.05) is 5.54 Å². The van der Waals surface area contributed by atoms with Crippen molar-refractivity contribution in [2.75, 3.05) is 6.54 Å². The van der Waals surface area contributed by atoms with E-state index in [0.29, 0.717) is 12.8 Å². The van der Waals surface area contributed by atoms with E-state index in [1.165, 1.54) is 0 Å². The predicted molar refractivity (Wildman–Crippen MR) is 61.7 cm³/mol. The van der Waals surface area contributed by atoms with Crippen molar-refractivity contribution in [2.45, 2.75) is 51.1 Å². The average Bonchev–Trinajstić information content (AvgIpc) is 2.07. The highest BCUT2D eigenvalue weighted by molar-refractivity contribution is 5.90. The number of nitrogens with two attached hydrogens (primary N) is 1. The van der Waals surface area contributed by atoms with Gasteiger partial charge in [-0.3, -0.25) is 9.59 Å². The molecule has 0 aromatic carbocycles. The normalized spacial score (nSPS) is 18.5. The number of carbonyl (C=O) groups excluding carboxylic acids is 2. The number of amides is 2. The van der Waals surface area contributed by atoms with Crippen LogP contribution >= 0.6 is 0 Å². The first kappa shape index (κ1) is 13.0. The van der Waals surface area contributed by atoms with Crippen LogP contribution in [0, 0.1) is 0 Å². The van der Waals surface area contributed by atoms with Crippen LogP contribution in [0.5, 0.6) is 0 Å².